The van der Waals surface area contributed by atoms with Gasteiger partial charge in [-0.2, -0.15) is 0 Å². The molecule has 3 nitrogen and oxygen atoms in total. The Hall–Kier alpha value is 0.196. The van der Waals surface area contributed by atoms with Crippen molar-refractivity contribution in [2.75, 3.05) is 0 Å². The van der Waals surface area contributed by atoms with Gasteiger partial charge in [-0.3, -0.25) is 0 Å². The number of hydrogen-bond acceptors (Lipinski definition) is 3. The summed E-state index contributed by atoms with van der Waals surface area (Å²) in [5.74, 6) is -1.08. The van der Waals surface area contributed by atoms with Crippen molar-refractivity contribution in [3.05, 3.63) is 0 Å². The molecule has 6 heavy (non-hydrogen) atoms. The van der Waals surface area contributed by atoms with Gasteiger partial charge in [-0.15, -0.1) is 0 Å². The smallest absolute Gasteiger partial charge is 0.870 e. The van der Waals surface area contributed by atoms with Gasteiger partial charge in [-0.25, -0.2) is 0 Å². The van der Waals surface area contributed by atoms with Gasteiger partial charge < -0.3 is 15.4 Å². The molecule has 0 aromatic heterocycles. The maximum Gasteiger partial charge on any atom is 2.00 e. The summed E-state index contributed by atoms with van der Waals surface area (Å²) in [5.41, 5.74) is 0. The van der Waals surface area contributed by atoms with Crippen LogP contribution in [0, 0.1) is 0 Å². The van der Waals surface area contributed by atoms with Gasteiger partial charge in [0, 0.05) is 5.97 Å². The molecule has 0 aliphatic carbocycles. The van der Waals surface area contributed by atoms with Crippen LogP contribution in [0.25, 0.3) is 0 Å². The molecule has 32 valence electrons. The van der Waals surface area contributed by atoms with E-state index in [2.05, 4.69) is 0 Å². The molecular formula is C2H4MgO3. The largest absolute Gasteiger partial charge is 2.00 e. The zero-order valence-corrected chi connectivity index (χ0v) is 4.89. The fraction of sp³-hybridized carbons (Fsp3) is 0.500. The topological polar surface area (TPSA) is 70.1 Å². The molecule has 0 rings (SSSR count). The van der Waals surface area contributed by atoms with Gasteiger partial charge in [0.05, 0.1) is 0 Å². The van der Waals surface area contributed by atoms with E-state index < -0.39 is 5.97 Å². The monoisotopic (exact) mass is 100 g/mol. The average Bonchev–Trinajstić information content (AvgIpc) is 0.811. The van der Waals surface area contributed by atoms with E-state index in [-0.39, 0.29) is 28.5 Å². The molecule has 0 aromatic carbocycles. The van der Waals surface area contributed by atoms with Crippen molar-refractivity contribution < 1.29 is 15.4 Å². The Morgan fingerprint density at radius 1 is 1.67 bits per heavy atom. The van der Waals surface area contributed by atoms with Crippen molar-refractivity contribution in [3.8, 4) is 0 Å². The van der Waals surface area contributed by atoms with Crippen LogP contribution < -0.4 is 5.11 Å². The van der Waals surface area contributed by atoms with E-state index in [1.54, 1.807) is 0 Å². The van der Waals surface area contributed by atoms with E-state index in [1.807, 2.05) is 0 Å². The predicted molar refractivity (Wildman–Crippen MR) is 18.4 cm³/mol. The summed E-state index contributed by atoms with van der Waals surface area (Å²) in [7, 11) is 0. The predicted octanol–water partition coefficient (Wildman–Crippen LogP) is -1.80. The molecule has 0 unspecified atom stereocenters. The minimum absolute atomic E-state index is 0. The van der Waals surface area contributed by atoms with Crippen LogP contribution in [0.1, 0.15) is 6.92 Å². The van der Waals surface area contributed by atoms with Gasteiger partial charge in [0.25, 0.3) is 0 Å². The Bertz CT molecular complexity index is 31.8. The Kier molecular flexibility index (Phi) is 24.4. The van der Waals surface area contributed by atoms with Crippen LogP contribution in [0.4, 0.5) is 0 Å². The standard InChI is InChI=1S/C2H4O2.Mg.H2O/c1-2(3)4;;/h1H3,(H,3,4);;1H2/q;+2;/p-2. The number of carbonyl (C=O) groups is 1. The van der Waals surface area contributed by atoms with Crippen LogP contribution in [0.2, 0.25) is 0 Å². The van der Waals surface area contributed by atoms with Crippen molar-refractivity contribution in [2.45, 2.75) is 6.92 Å². The zero-order valence-electron chi connectivity index (χ0n) is 3.47. The SMILES string of the molecule is CC(=O)[O-].[Mg+2].[OH-]. The van der Waals surface area contributed by atoms with Crippen LogP contribution in [0.15, 0.2) is 0 Å². The fourth-order valence-corrected chi connectivity index (χ4v) is 0. The summed E-state index contributed by atoms with van der Waals surface area (Å²) in [6.45, 7) is 0.972. The first-order chi connectivity index (χ1) is 1.73. The molecule has 0 spiro atoms. The third kappa shape index (κ3) is 1110. The molecule has 0 aliphatic rings. The minimum Gasteiger partial charge on any atom is -0.870 e. The number of hydrogen-bond donors (Lipinski definition) is 0. The molecule has 0 atom stereocenters. The van der Waals surface area contributed by atoms with Crippen molar-refractivity contribution in [1.82, 2.24) is 0 Å². The second kappa shape index (κ2) is 8.96. The Balaban J connectivity index is -0.0000000450. The van der Waals surface area contributed by atoms with Crippen molar-refractivity contribution in [1.29, 1.82) is 0 Å². The first-order valence-corrected chi connectivity index (χ1v) is 0.908. The average molecular weight is 100 g/mol. The maximum atomic E-state index is 8.89. The fourth-order valence-electron chi connectivity index (χ4n) is 0. The van der Waals surface area contributed by atoms with E-state index in [4.69, 9.17) is 9.90 Å². The molecular weight excluding hydrogens is 96.3 g/mol. The summed E-state index contributed by atoms with van der Waals surface area (Å²) in [6.07, 6.45) is 0. The number of aliphatic carboxylic acids is 1. The number of rotatable bonds is 0. The molecule has 0 aliphatic heterocycles. The normalized spacial score (nSPS) is 4.17. The third-order valence-corrected chi connectivity index (χ3v) is 0. The molecule has 0 aromatic rings. The van der Waals surface area contributed by atoms with Crippen LogP contribution in [0.5, 0.6) is 0 Å². The molecule has 0 saturated carbocycles. The Morgan fingerprint density at radius 2 is 1.67 bits per heavy atom. The number of carbonyl (C=O) groups excluding carboxylic acids is 1. The van der Waals surface area contributed by atoms with Gasteiger partial charge >= 0.3 is 23.1 Å². The Morgan fingerprint density at radius 3 is 1.67 bits per heavy atom. The van der Waals surface area contributed by atoms with Gasteiger partial charge in [0.1, 0.15) is 0 Å². The van der Waals surface area contributed by atoms with E-state index in [1.165, 1.54) is 0 Å². The van der Waals surface area contributed by atoms with E-state index in [0.717, 1.165) is 6.92 Å². The molecule has 0 bridgehead atoms. The first-order valence-electron chi connectivity index (χ1n) is 0.908. The molecule has 0 saturated heterocycles. The summed E-state index contributed by atoms with van der Waals surface area (Å²) in [6, 6.07) is 0. The molecule has 0 radical (unpaired) electrons. The number of carboxylic acid groups (broad SMARTS) is 1. The van der Waals surface area contributed by atoms with Crippen LogP contribution in [-0.4, -0.2) is 34.5 Å². The van der Waals surface area contributed by atoms with Gasteiger partial charge in [-0.1, -0.05) is 0 Å². The second-order valence-corrected chi connectivity index (χ2v) is 0.492. The summed E-state index contributed by atoms with van der Waals surface area (Å²) in [4.78, 5) is 8.89. The molecule has 0 amide bonds. The molecule has 1 N–H and O–H groups in total. The quantitative estimate of drug-likeness (QED) is 0.337. The first kappa shape index (κ1) is 16.4. The van der Waals surface area contributed by atoms with Gasteiger partial charge in [0.2, 0.25) is 0 Å². The van der Waals surface area contributed by atoms with Crippen LogP contribution >= 0.6 is 0 Å². The summed E-state index contributed by atoms with van der Waals surface area (Å²) < 4.78 is 0. The van der Waals surface area contributed by atoms with E-state index in [0.29, 0.717) is 0 Å². The minimum atomic E-state index is -1.08. The van der Waals surface area contributed by atoms with E-state index in [9.17, 15) is 0 Å². The number of carboxylic acids is 1. The van der Waals surface area contributed by atoms with Gasteiger partial charge in [0.15, 0.2) is 0 Å². The maximum absolute atomic E-state index is 8.89. The third-order valence-electron chi connectivity index (χ3n) is 0. The van der Waals surface area contributed by atoms with E-state index >= 15 is 0 Å². The zero-order chi connectivity index (χ0) is 3.58. The van der Waals surface area contributed by atoms with Crippen molar-refractivity contribution in [2.24, 2.45) is 0 Å². The summed E-state index contributed by atoms with van der Waals surface area (Å²) in [5, 5.41) is 8.89. The van der Waals surface area contributed by atoms with Crippen molar-refractivity contribution in [3.63, 3.8) is 0 Å². The molecule has 0 fully saturated rings. The summed E-state index contributed by atoms with van der Waals surface area (Å²) >= 11 is 0. The Labute approximate surface area is 51.8 Å². The van der Waals surface area contributed by atoms with Crippen molar-refractivity contribution >= 4 is 29.0 Å². The van der Waals surface area contributed by atoms with Gasteiger partial charge in [-0.05, 0) is 6.92 Å². The molecule has 4 heteroatoms. The molecule has 0 heterocycles. The van der Waals surface area contributed by atoms with Crippen LogP contribution in [0.3, 0.4) is 0 Å². The van der Waals surface area contributed by atoms with Crippen LogP contribution in [-0.2, 0) is 4.79 Å². The second-order valence-electron chi connectivity index (χ2n) is 0.492.